The van der Waals surface area contributed by atoms with Crippen molar-refractivity contribution in [2.45, 2.75) is 52.4 Å². The number of nitriles is 2. The lowest BCUT2D eigenvalue weighted by molar-refractivity contribution is 0.592. The normalized spacial score (nSPS) is 11.9. The first-order valence-corrected chi connectivity index (χ1v) is 18.5. The summed E-state index contributed by atoms with van der Waals surface area (Å²) in [6, 6.07) is 55.5. The van der Waals surface area contributed by atoms with E-state index in [9.17, 15) is 10.5 Å². The molecule has 0 aliphatic carbocycles. The summed E-state index contributed by atoms with van der Waals surface area (Å²) >= 11 is 0. The molecule has 8 aromatic rings. The summed E-state index contributed by atoms with van der Waals surface area (Å²) in [5.74, 6) is 0. The minimum atomic E-state index is -0.191. The van der Waals surface area contributed by atoms with Gasteiger partial charge in [0.05, 0.1) is 34.6 Å². The molecule has 4 heteroatoms. The molecule has 0 amide bonds. The van der Waals surface area contributed by atoms with Gasteiger partial charge in [0, 0.05) is 33.5 Å². The summed E-state index contributed by atoms with van der Waals surface area (Å²) in [5.41, 5.74) is 9.71. The SMILES string of the molecule is CC(C)(C)c1cc2ccc3c(N(c4ccccc4)c4ccc(C#N)cc4)c(C(C)(C)C)cc4ccc(c1N(c1ccccc1)c1ccc(C#N)cc1)c2c43. The third-order valence-corrected chi connectivity index (χ3v) is 10.4. The number of nitrogens with zero attached hydrogens (tertiary/aromatic N) is 4. The largest absolute Gasteiger partial charge is 0.310 e. The van der Waals surface area contributed by atoms with Crippen molar-refractivity contribution in [3.63, 3.8) is 0 Å². The molecule has 8 rings (SSSR count). The Hall–Kier alpha value is -6.62. The minimum Gasteiger partial charge on any atom is -0.310 e. The molecule has 0 bridgehead atoms. The second-order valence-electron chi connectivity index (χ2n) is 16.1. The van der Waals surface area contributed by atoms with Gasteiger partial charge >= 0.3 is 0 Å². The molecular formula is C50H42N4. The van der Waals surface area contributed by atoms with Gasteiger partial charge in [-0.25, -0.2) is 0 Å². The van der Waals surface area contributed by atoms with E-state index in [1.165, 1.54) is 43.4 Å². The minimum absolute atomic E-state index is 0.191. The number of benzene rings is 8. The van der Waals surface area contributed by atoms with Crippen molar-refractivity contribution < 1.29 is 0 Å². The lowest BCUT2D eigenvalue weighted by Gasteiger charge is -2.35. The standard InChI is InChI=1S/C50H42N4/c1-49(2,3)43-29-35-21-28-42-46-36(22-27-41(45(35)46)47(43)53(37-13-9-7-10-14-37)39-23-17-33(31-51)18-24-39)30-44(50(4,5)6)48(42)54(38-15-11-8-12-16-38)40-25-19-34(32-52)20-26-40/h7-30H,1-6H3. The smallest absolute Gasteiger partial charge is 0.0991 e. The van der Waals surface area contributed by atoms with E-state index in [0.29, 0.717) is 11.1 Å². The maximum Gasteiger partial charge on any atom is 0.0991 e. The van der Waals surface area contributed by atoms with E-state index in [2.05, 4.69) is 185 Å². The number of rotatable bonds is 6. The van der Waals surface area contributed by atoms with Gasteiger partial charge in [0.2, 0.25) is 0 Å². The predicted octanol–water partition coefficient (Wildman–Crippen LogP) is 13.9. The molecule has 54 heavy (non-hydrogen) atoms. The molecule has 0 atom stereocenters. The van der Waals surface area contributed by atoms with Crippen molar-refractivity contribution in [2.24, 2.45) is 0 Å². The summed E-state index contributed by atoms with van der Waals surface area (Å²) in [4.78, 5) is 4.73. The molecule has 0 aromatic heterocycles. The zero-order valence-corrected chi connectivity index (χ0v) is 31.6. The van der Waals surface area contributed by atoms with E-state index in [-0.39, 0.29) is 10.8 Å². The molecule has 0 spiro atoms. The third-order valence-electron chi connectivity index (χ3n) is 10.4. The molecule has 0 aliphatic rings. The van der Waals surface area contributed by atoms with Crippen LogP contribution in [0.15, 0.2) is 146 Å². The molecule has 0 unspecified atom stereocenters. The molecule has 0 fully saturated rings. The Labute approximate surface area is 318 Å². The van der Waals surface area contributed by atoms with E-state index in [1.807, 2.05) is 24.3 Å². The van der Waals surface area contributed by atoms with Crippen LogP contribution in [0.4, 0.5) is 34.1 Å². The van der Waals surface area contributed by atoms with Crippen molar-refractivity contribution in [1.29, 1.82) is 10.5 Å². The Kier molecular flexibility index (Phi) is 8.36. The number of anilines is 6. The zero-order chi connectivity index (χ0) is 37.8. The van der Waals surface area contributed by atoms with Gasteiger partial charge in [-0.05, 0) is 128 Å². The second kappa shape index (κ2) is 13.1. The van der Waals surface area contributed by atoms with Crippen LogP contribution < -0.4 is 9.80 Å². The highest BCUT2D eigenvalue weighted by Crippen LogP contribution is 2.52. The predicted molar refractivity (Wildman–Crippen MR) is 226 cm³/mol. The highest BCUT2D eigenvalue weighted by Gasteiger charge is 2.31. The van der Waals surface area contributed by atoms with Crippen LogP contribution in [-0.4, -0.2) is 0 Å². The van der Waals surface area contributed by atoms with E-state index in [4.69, 9.17) is 0 Å². The van der Waals surface area contributed by atoms with Crippen LogP contribution in [0.3, 0.4) is 0 Å². The van der Waals surface area contributed by atoms with Crippen molar-refractivity contribution in [1.82, 2.24) is 0 Å². The summed E-state index contributed by atoms with van der Waals surface area (Å²) in [5, 5.41) is 26.5. The highest BCUT2D eigenvalue weighted by atomic mass is 15.2. The Bertz CT molecular complexity index is 2530. The summed E-state index contributed by atoms with van der Waals surface area (Å²) in [6.45, 7) is 13.7. The molecule has 0 N–H and O–H groups in total. The highest BCUT2D eigenvalue weighted by molar-refractivity contribution is 6.29. The lowest BCUT2D eigenvalue weighted by Crippen LogP contribution is -2.20. The van der Waals surface area contributed by atoms with Gasteiger partial charge in [-0.3, -0.25) is 0 Å². The van der Waals surface area contributed by atoms with Gasteiger partial charge in [-0.2, -0.15) is 10.5 Å². The topological polar surface area (TPSA) is 54.1 Å². The van der Waals surface area contributed by atoms with Crippen LogP contribution in [0, 0.1) is 22.7 Å². The van der Waals surface area contributed by atoms with Crippen LogP contribution in [-0.2, 0) is 10.8 Å². The molecule has 0 saturated carbocycles. The van der Waals surface area contributed by atoms with Crippen LogP contribution in [0.1, 0.15) is 63.8 Å². The first-order valence-electron chi connectivity index (χ1n) is 18.5. The molecule has 4 nitrogen and oxygen atoms in total. The van der Waals surface area contributed by atoms with E-state index < -0.39 is 0 Å². The third kappa shape index (κ3) is 5.87. The van der Waals surface area contributed by atoms with Gasteiger partial charge < -0.3 is 9.80 Å². The average Bonchev–Trinajstić information content (AvgIpc) is 3.18. The fourth-order valence-electron chi connectivity index (χ4n) is 7.89. The Morgan fingerprint density at radius 1 is 0.407 bits per heavy atom. The Morgan fingerprint density at radius 2 is 0.741 bits per heavy atom. The lowest BCUT2D eigenvalue weighted by atomic mass is 9.78. The maximum atomic E-state index is 9.67. The average molecular weight is 699 g/mol. The van der Waals surface area contributed by atoms with E-state index in [0.717, 1.165) is 34.1 Å². The van der Waals surface area contributed by atoms with Gasteiger partial charge in [0.25, 0.3) is 0 Å². The van der Waals surface area contributed by atoms with Gasteiger partial charge in [0.15, 0.2) is 0 Å². The van der Waals surface area contributed by atoms with Crippen LogP contribution in [0.5, 0.6) is 0 Å². The maximum absolute atomic E-state index is 9.67. The monoisotopic (exact) mass is 698 g/mol. The van der Waals surface area contributed by atoms with E-state index in [1.54, 1.807) is 0 Å². The Balaban J connectivity index is 1.52. The molecule has 8 aromatic carbocycles. The summed E-state index contributed by atoms with van der Waals surface area (Å²) < 4.78 is 0. The summed E-state index contributed by atoms with van der Waals surface area (Å²) in [7, 11) is 0. The zero-order valence-electron chi connectivity index (χ0n) is 31.6. The molecule has 262 valence electrons. The van der Waals surface area contributed by atoms with Gasteiger partial charge in [-0.15, -0.1) is 0 Å². The number of hydrogen-bond donors (Lipinski definition) is 0. The van der Waals surface area contributed by atoms with E-state index >= 15 is 0 Å². The van der Waals surface area contributed by atoms with Crippen molar-refractivity contribution in [3.05, 3.63) is 168 Å². The first-order chi connectivity index (χ1) is 26.0. The summed E-state index contributed by atoms with van der Waals surface area (Å²) in [6.07, 6.45) is 0. The van der Waals surface area contributed by atoms with Crippen LogP contribution in [0.25, 0.3) is 32.3 Å². The van der Waals surface area contributed by atoms with Crippen LogP contribution >= 0.6 is 0 Å². The van der Waals surface area contributed by atoms with Gasteiger partial charge in [0.1, 0.15) is 0 Å². The molecule has 0 saturated heterocycles. The van der Waals surface area contributed by atoms with Crippen molar-refractivity contribution in [3.8, 4) is 12.1 Å². The fourth-order valence-corrected chi connectivity index (χ4v) is 7.89. The first kappa shape index (κ1) is 34.5. The fraction of sp³-hybridized carbons (Fsp3) is 0.160. The molecule has 0 aliphatic heterocycles. The van der Waals surface area contributed by atoms with Crippen molar-refractivity contribution in [2.75, 3.05) is 9.80 Å². The van der Waals surface area contributed by atoms with Crippen LogP contribution in [0.2, 0.25) is 0 Å². The van der Waals surface area contributed by atoms with Gasteiger partial charge in [-0.1, -0.05) is 102 Å². The van der Waals surface area contributed by atoms with Crippen molar-refractivity contribution >= 4 is 66.4 Å². The second-order valence-corrected chi connectivity index (χ2v) is 16.1. The molecule has 0 radical (unpaired) electrons. The molecular weight excluding hydrogens is 657 g/mol. The quantitative estimate of drug-likeness (QED) is 0.162. The number of hydrogen-bond acceptors (Lipinski definition) is 4. The molecule has 0 heterocycles. The Morgan fingerprint density at radius 3 is 1.06 bits per heavy atom. The number of para-hydroxylation sites is 2.